The number of rotatable bonds is 5. The van der Waals surface area contributed by atoms with Gasteiger partial charge in [0.15, 0.2) is 0 Å². The lowest BCUT2D eigenvalue weighted by molar-refractivity contribution is 0.1000. The maximum Gasteiger partial charge on any atom is 0.248 e. The van der Waals surface area contributed by atoms with Crippen LogP contribution in [0.4, 0.5) is 0 Å². The molecule has 1 aromatic rings. The van der Waals surface area contributed by atoms with Crippen LogP contribution in [0, 0.1) is 5.41 Å². The Morgan fingerprint density at radius 3 is 2.32 bits per heavy atom. The third-order valence-corrected chi connectivity index (χ3v) is 5.37. The highest BCUT2D eigenvalue weighted by atomic mass is 35.5. The Morgan fingerprint density at radius 1 is 1.27 bits per heavy atom. The van der Waals surface area contributed by atoms with E-state index < -0.39 is 15.9 Å². The van der Waals surface area contributed by atoms with Crippen molar-refractivity contribution in [3.05, 3.63) is 29.8 Å². The fourth-order valence-corrected chi connectivity index (χ4v) is 3.56. The summed E-state index contributed by atoms with van der Waals surface area (Å²) in [5.41, 5.74) is 5.41. The monoisotopic (exact) mass is 347 g/mol. The second-order valence-electron chi connectivity index (χ2n) is 5.77. The predicted molar refractivity (Wildman–Crippen MR) is 87.6 cm³/mol. The number of sulfonamides is 1. The van der Waals surface area contributed by atoms with Gasteiger partial charge in [-0.2, -0.15) is 0 Å². The summed E-state index contributed by atoms with van der Waals surface area (Å²) in [5.74, 6) is -0.575. The lowest BCUT2D eigenvalue weighted by Crippen LogP contribution is -2.42. The third kappa shape index (κ3) is 4.67. The van der Waals surface area contributed by atoms with Crippen LogP contribution < -0.4 is 15.8 Å². The van der Waals surface area contributed by atoms with Crippen LogP contribution in [0.1, 0.15) is 30.1 Å². The lowest BCUT2D eigenvalue weighted by Gasteiger charge is -2.34. The number of halogens is 1. The number of amides is 1. The van der Waals surface area contributed by atoms with Crippen molar-refractivity contribution in [1.82, 2.24) is 10.0 Å². The largest absolute Gasteiger partial charge is 0.366 e. The van der Waals surface area contributed by atoms with Gasteiger partial charge in [-0.1, -0.05) is 6.92 Å². The Morgan fingerprint density at radius 2 is 1.82 bits per heavy atom. The van der Waals surface area contributed by atoms with E-state index in [4.69, 9.17) is 5.73 Å². The molecular formula is C14H22ClN3O3S. The van der Waals surface area contributed by atoms with Crippen LogP contribution in [0.15, 0.2) is 29.2 Å². The van der Waals surface area contributed by atoms with Crippen molar-refractivity contribution in [2.45, 2.75) is 24.7 Å². The smallest absolute Gasteiger partial charge is 0.248 e. The molecule has 0 aliphatic carbocycles. The van der Waals surface area contributed by atoms with Crippen LogP contribution in [0.5, 0.6) is 0 Å². The van der Waals surface area contributed by atoms with Gasteiger partial charge in [-0.25, -0.2) is 13.1 Å². The fraction of sp³-hybridized carbons (Fsp3) is 0.500. The first-order valence-electron chi connectivity index (χ1n) is 6.93. The van der Waals surface area contributed by atoms with Gasteiger partial charge < -0.3 is 11.1 Å². The van der Waals surface area contributed by atoms with Crippen LogP contribution in [0.2, 0.25) is 0 Å². The Hall–Kier alpha value is -1.15. The van der Waals surface area contributed by atoms with Gasteiger partial charge >= 0.3 is 0 Å². The number of benzene rings is 1. The Kier molecular flexibility index (Phi) is 6.37. The molecule has 0 atom stereocenters. The number of primary amides is 1. The molecule has 1 amide bonds. The highest BCUT2D eigenvalue weighted by Gasteiger charge is 2.28. The summed E-state index contributed by atoms with van der Waals surface area (Å²) < 4.78 is 27.2. The summed E-state index contributed by atoms with van der Waals surface area (Å²) in [5, 5.41) is 3.26. The first kappa shape index (κ1) is 18.9. The molecule has 0 spiro atoms. The molecule has 0 unspecified atom stereocenters. The molecule has 1 aliphatic heterocycles. The summed E-state index contributed by atoms with van der Waals surface area (Å²) in [6, 6.07) is 5.63. The highest BCUT2D eigenvalue weighted by Crippen LogP contribution is 2.27. The number of hydrogen-bond donors (Lipinski definition) is 3. The quantitative estimate of drug-likeness (QED) is 0.735. The van der Waals surface area contributed by atoms with Gasteiger partial charge in [0.05, 0.1) is 4.90 Å². The van der Waals surface area contributed by atoms with Crippen LogP contribution in [-0.2, 0) is 10.0 Å². The van der Waals surface area contributed by atoms with E-state index in [1.54, 1.807) is 0 Å². The summed E-state index contributed by atoms with van der Waals surface area (Å²) in [4.78, 5) is 11.1. The number of nitrogens with one attached hydrogen (secondary N) is 2. The second-order valence-corrected chi connectivity index (χ2v) is 7.54. The summed E-state index contributed by atoms with van der Waals surface area (Å²) in [7, 11) is -3.56. The Balaban J connectivity index is 0.00000242. The summed E-state index contributed by atoms with van der Waals surface area (Å²) in [6.45, 7) is 4.32. The van der Waals surface area contributed by atoms with Gasteiger partial charge in [0.1, 0.15) is 0 Å². The zero-order chi connectivity index (χ0) is 15.5. The molecule has 1 aromatic carbocycles. The van der Waals surface area contributed by atoms with Crippen molar-refractivity contribution < 1.29 is 13.2 Å². The van der Waals surface area contributed by atoms with Gasteiger partial charge in [0.2, 0.25) is 15.9 Å². The van der Waals surface area contributed by atoms with Gasteiger partial charge in [0, 0.05) is 12.1 Å². The van der Waals surface area contributed by atoms with Gasteiger partial charge in [-0.15, -0.1) is 12.4 Å². The minimum atomic E-state index is -3.56. The summed E-state index contributed by atoms with van der Waals surface area (Å²) >= 11 is 0. The number of carbonyl (C=O) groups is 1. The van der Waals surface area contributed by atoms with E-state index in [0.29, 0.717) is 12.1 Å². The molecule has 6 nitrogen and oxygen atoms in total. The Bertz CT molecular complexity index is 611. The molecule has 1 saturated heterocycles. The van der Waals surface area contributed by atoms with E-state index >= 15 is 0 Å². The average Bonchev–Trinajstić information content (AvgIpc) is 2.46. The average molecular weight is 348 g/mol. The zero-order valence-corrected chi connectivity index (χ0v) is 14.1. The molecule has 1 aliphatic rings. The summed E-state index contributed by atoms with van der Waals surface area (Å²) in [6.07, 6.45) is 1.88. The Labute approximate surface area is 137 Å². The van der Waals surface area contributed by atoms with Gasteiger partial charge in [-0.05, 0) is 55.6 Å². The van der Waals surface area contributed by atoms with E-state index in [-0.39, 0.29) is 22.7 Å². The van der Waals surface area contributed by atoms with E-state index in [1.807, 2.05) is 0 Å². The molecule has 22 heavy (non-hydrogen) atoms. The number of piperidine rings is 1. The number of hydrogen-bond acceptors (Lipinski definition) is 4. The molecule has 8 heteroatoms. The first-order valence-corrected chi connectivity index (χ1v) is 8.41. The molecule has 0 bridgehead atoms. The van der Waals surface area contributed by atoms with E-state index in [2.05, 4.69) is 17.0 Å². The first-order chi connectivity index (χ1) is 9.82. The van der Waals surface area contributed by atoms with Gasteiger partial charge in [-0.3, -0.25) is 4.79 Å². The lowest BCUT2D eigenvalue weighted by atomic mass is 9.81. The molecule has 4 N–H and O–H groups in total. The molecule has 1 heterocycles. The molecule has 0 aromatic heterocycles. The second kappa shape index (κ2) is 7.41. The molecule has 0 saturated carbocycles. The number of nitrogens with two attached hydrogens (primary N) is 1. The van der Waals surface area contributed by atoms with E-state index in [9.17, 15) is 13.2 Å². The van der Waals surface area contributed by atoms with Crippen LogP contribution in [0.3, 0.4) is 0 Å². The van der Waals surface area contributed by atoms with Gasteiger partial charge in [0.25, 0.3) is 0 Å². The van der Waals surface area contributed by atoms with Crippen molar-refractivity contribution in [3.63, 3.8) is 0 Å². The van der Waals surface area contributed by atoms with Crippen molar-refractivity contribution in [3.8, 4) is 0 Å². The predicted octanol–water partition coefficient (Wildman–Crippen LogP) is 0.875. The van der Waals surface area contributed by atoms with Crippen molar-refractivity contribution in [2.75, 3.05) is 19.6 Å². The molecule has 2 rings (SSSR count). The third-order valence-electron chi connectivity index (χ3n) is 3.95. The fourth-order valence-electron chi connectivity index (χ4n) is 2.36. The van der Waals surface area contributed by atoms with E-state index in [1.165, 1.54) is 24.3 Å². The maximum absolute atomic E-state index is 12.3. The van der Waals surface area contributed by atoms with E-state index in [0.717, 1.165) is 25.9 Å². The molecular weight excluding hydrogens is 326 g/mol. The highest BCUT2D eigenvalue weighted by molar-refractivity contribution is 7.89. The standard InChI is InChI=1S/C14H21N3O3S.ClH/c1-14(6-8-16-9-7-14)10-17-21(19,20)12-4-2-11(3-5-12)13(15)18;/h2-5,16-17H,6-10H2,1H3,(H2,15,18);1H. The van der Waals surface area contributed by atoms with Crippen molar-refractivity contribution in [2.24, 2.45) is 11.1 Å². The zero-order valence-electron chi connectivity index (χ0n) is 12.5. The van der Waals surface area contributed by atoms with Crippen LogP contribution >= 0.6 is 12.4 Å². The maximum atomic E-state index is 12.3. The molecule has 0 radical (unpaired) electrons. The molecule has 1 fully saturated rings. The topological polar surface area (TPSA) is 101 Å². The molecule has 124 valence electrons. The SMILES string of the molecule is CC1(CNS(=O)(=O)c2ccc(C(N)=O)cc2)CCNCC1.Cl. The van der Waals surface area contributed by atoms with Crippen LogP contribution in [0.25, 0.3) is 0 Å². The minimum absolute atomic E-state index is 0. The minimum Gasteiger partial charge on any atom is -0.366 e. The van der Waals surface area contributed by atoms with Crippen molar-refractivity contribution >= 4 is 28.3 Å². The van der Waals surface area contributed by atoms with Crippen molar-refractivity contribution in [1.29, 1.82) is 0 Å². The number of carbonyl (C=O) groups excluding carboxylic acids is 1. The normalized spacial score (nSPS) is 17.5. The van der Waals surface area contributed by atoms with Crippen LogP contribution in [-0.4, -0.2) is 34.0 Å².